The smallest absolute Gasteiger partial charge is 0.206 e. The van der Waals surface area contributed by atoms with Crippen molar-refractivity contribution in [2.75, 3.05) is 11.1 Å². The zero-order valence-corrected chi connectivity index (χ0v) is 15.0. The molecule has 0 fully saturated rings. The number of thiazole rings is 1. The minimum atomic E-state index is -0.236. The average molecular weight is 378 g/mol. The molecule has 1 heterocycles. The summed E-state index contributed by atoms with van der Waals surface area (Å²) in [7, 11) is 0. The molecule has 3 rings (SSSR count). The Bertz CT molecular complexity index is 907. The molecule has 122 valence electrons. The van der Waals surface area contributed by atoms with Crippen LogP contribution in [0.3, 0.4) is 0 Å². The number of aromatic nitrogens is 1. The van der Waals surface area contributed by atoms with Crippen molar-refractivity contribution in [3.63, 3.8) is 0 Å². The molecule has 24 heavy (non-hydrogen) atoms. The molecule has 7 heteroatoms. The standard InChI is InChI=1S/C17H13Cl2N3OS/c1-9-2-5-11(6-3-9)21-17-22-16(20)15(24-17)14(23)10-4-7-12(18)13(19)8-10/h2-8H,20H2,1H3,(H,21,22). The van der Waals surface area contributed by atoms with Crippen LogP contribution in [-0.2, 0) is 0 Å². The second kappa shape index (κ2) is 6.81. The van der Waals surface area contributed by atoms with Crippen LogP contribution in [0, 0.1) is 6.92 Å². The molecular weight excluding hydrogens is 365 g/mol. The van der Waals surface area contributed by atoms with E-state index in [0.717, 1.165) is 11.3 Å². The third-order valence-electron chi connectivity index (χ3n) is 3.34. The lowest BCUT2D eigenvalue weighted by atomic mass is 10.1. The molecule has 0 aliphatic heterocycles. The number of nitrogens with one attached hydrogen (secondary N) is 1. The van der Waals surface area contributed by atoms with Crippen molar-refractivity contribution in [3.05, 3.63) is 68.5 Å². The van der Waals surface area contributed by atoms with Crippen molar-refractivity contribution in [2.45, 2.75) is 6.92 Å². The number of nitrogens with zero attached hydrogens (tertiary/aromatic N) is 1. The largest absolute Gasteiger partial charge is 0.382 e. The van der Waals surface area contributed by atoms with Crippen LogP contribution >= 0.6 is 34.5 Å². The van der Waals surface area contributed by atoms with Gasteiger partial charge in [-0.05, 0) is 37.3 Å². The van der Waals surface area contributed by atoms with Crippen LogP contribution in [0.15, 0.2) is 42.5 Å². The van der Waals surface area contributed by atoms with Crippen LogP contribution in [-0.4, -0.2) is 10.8 Å². The van der Waals surface area contributed by atoms with Crippen molar-refractivity contribution in [2.24, 2.45) is 0 Å². The molecule has 0 unspecified atom stereocenters. The van der Waals surface area contributed by atoms with E-state index in [4.69, 9.17) is 28.9 Å². The first-order chi connectivity index (χ1) is 11.4. The van der Waals surface area contributed by atoms with E-state index in [1.807, 2.05) is 31.2 Å². The fourth-order valence-corrected chi connectivity index (χ4v) is 3.24. The summed E-state index contributed by atoms with van der Waals surface area (Å²) in [6.07, 6.45) is 0. The molecule has 3 N–H and O–H groups in total. The number of rotatable bonds is 4. The second-order valence-corrected chi connectivity index (χ2v) is 7.00. The van der Waals surface area contributed by atoms with E-state index in [-0.39, 0.29) is 11.6 Å². The van der Waals surface area contributed by atoms with E-state index in [0.29, 0.717) is 25.6 Å². The molecule has 0 saturated heterocycles. The van der Waals surface area contributed by atoms with Crippen LogP contribution < -0.4 is 11.1 Å². The quantitative estimate of drug-likeness (QED) is 0.604. The normalized spacial score (nSPS) is 10.6. The number of hydrogen-bond donors (Lipinski definition) is 2. The van der Waals surface area contributed by atoms with Crippen molar-refractivity contribution in [3.8, 4) is 0 Å². The number of carbonyl (C=O) groups is 1. The Morgan fingerprint density at radius 3 is 2.50 bits per heavy atom. The van der Waals surface area contributed by atoms with E-state index in [1.165, 1.54) is 17.4 Å². The number of benzene rings is 2. The van der Waals surface area contributed by atoms with Gasteiger partial charge in [0.2, 0.25) is 5.78 Å². The van der Waals surface area contributed by atoms with Gasteiger partial charge in [0.25, 0.3) is 0 Å². The zero-order chi connectivity index (χ0) is 17.3. The Morgan fingerprint density at radius 1 is 1.12 bits per heavy atom. The van der Waals surface area contributed by atoms with Gasteiger partial charge < -0.3 is 11.1 Å². The third-order valence-corrected chi connectivity index (χ3v) is 5.07. The lowest BCUT2D eigenvalue weighted by Gasteiger charge is -2.02. The number of nitrogens with two attached hydrogens (primary N) is 1. The Morgan fingerprint density at radius 2 is 1.83 bits per heavy atom. The second-order valence-electron chi connectivity index (χ2n) is 5.18. The predicted octanol–water partition coefficient (Wildman–Crippen LogP) is 5.32. The summed E-state index contributed by atoms with van der Waals surface area (Å²) in [6.45, 7) is 2.01. The minimum absolute atomic E-state index is 0.186. The van der Waals surface area contributed by atoms with Crippen LogP contribution in [0.1, 0.15) is 20.8 Å². The van der Waals surface area contributed by atoms with Crippen LogP contribution in [0.25, 0.3) is 0 Å². The molecule has 0 amide bonds. The number of nitrogen functional groups attached to an aromatic ring is 1. The minimum Gasteiger partial charge on any atom is -0.382 e. The summed E-state index contributed by atoms with van der Waals surface area (Å²) < 4.78 is 0. The van der Waals surface area contributed by atoms with Gasteiger partial charge in [-0.1, -0.05) is 52.2 Å². The van der Waals surface area contributed by atoms with Crippen molar-refractivity contribution in [1.82, 2.24) is 4.98 Å². The first-order valence-corrected chi connectivity index (χ1v) is 8.61. The van der Waals surface area contributed by atoms with Gasteiger partial charge in [0.05, 0.1) is 10.0 Å². The van der Waals surface area contributed by atoms with Gasteiger partial charge in [0.15, 0.2) is 5.13 Å². The van der Waals surface area contributed by atoms with Crippen molar-refractivity contribution >= 4 is 57.0 Å². The van der Waals surface area contributed by atoms with E-state index >= 15 is 0 Å². The lowest BCUT2D eigenvalue weighted by Crippen LogP contribution is -2.02. The van der Waals surface area contributed by atoms with Gasteiger partial charge in [-0.3, -0.25) is 4.79 Å². The molecule has 0 aliphatic carbocycles. The number of anilines is 3. The molecule has 0 bridgehead atoms. The molecule has 0 atom stereocenters. The third kappa shape index (κ3) is 3.53. The van der Waals surface area contributed by atoms with Crippen LogP contribution in [0.4, 0.5) is 16.6 Å². The van der Waals surface area contributed by atoms with Crippen molar-refractivity contribution in [1.29, 1.82) is 0 Å². The maximum atomic E-state index is 12.6. The Kier molecular flexibility index (Phi) is 4.76. The average Bonchev–Trinajstić information content (AvgIpc) is 2.92. The fraction of sp³-hybridized carbons (Fsp3) is 0.0588. The first kappa shape index (κ1) is 16.8. The van der Waals surface area contributed by atoms with E-state index in [1.54, 1.807) is 12.1 Å². The summed E-state index contributed by atoms with van der Waals surface area (Å²) in [5.74, 6) is -0.0498. The fourth-order valence-electron chi connectivity index (χ4n) is 2.08. The van der Waals surface area contributed by atoms with Gasteiger partial charge >= 0.3 is 0 Å². The van der Waals surface area contributed by atoms with Gasteiger partial charge in [0, 0.05) is 11.3 Å². The van der Waals surface area contributed by atoms with Crippen LogP contribution in [0.2, 0.25) is 10.0 Å². The van der Waals surface area contributed by atoms with Gasteiger partial charge in [-0.25, -0.2) is 4.98 Å². The summed E-state index contributed by atoms with van der Waals surface area (Å²) in [4.78, 5) is 17.2. The molecule has 0 radical (unpaired) electrons. The molecular formula is C17H13Cl2N3OS. The topological polar surface area (TPSA) is 68.0 Å². The first-order valence-electron chi connectivity index (χ1n) is 7.04. The highest BCUT2D eigenvalue weighted by molar-refractivity contribution is 7.18. The highest BCUT2D eigenvalue weighted by Gasteiger charge is 2.19. The summed E-state index contributed by atoms with van der Waals surface area (Å²) >= 11 is 13.0. The van der Waals surface area contributed by atoms with E-state index < -0.39 is 0 Å². The number of aryl methyl sites for hydroxylation is 1. The van der Waals surface area contributed by atoms with Crippen LogP contribution in [0.5, 0.6) is 0 Å². The predicted molar refractivity (Wildman–Crippen MR) is 101 cm³/mol. The maximum absolute atomic E-state index is 12.6. The number of ketones is 1. The molecule has 4 nitrogen and oxygen atoms in total. The van der Waals surface area contributed by atoms with Gasteiger partial charge in [0.1, 0.15) is 10.7 Å². The van der Waals surface area contributed by atoms with E-state index in [2.05, 4.69) is 10.3 Å². The number of carbonyl (C=O) groups excluding carboxylic acids is 1. The summed E-state index contributed by atoms with van der Waals surface area (Å²) in [5, 5.41) is 4.42. The monoisotopic (exact) mass is 377 g/mol. The molecule has 0 spiro atoms. The highest BCUT2D eigenvalue weighted by atomic mass is 35.5. The zero-order valence-electron chi connectivity index (χ0n) is 12.6. The Balaban J connectivity index is 1.86. The Labute approximate surface area is 153 Å². The summed E-state index contributed by atoms with van der Waals surface area (Å²) in [5.41, 5.74) is 8.36. The molecule has 0 saturated carbocycles. The SMILES string of the molecule is Cc1ccc(Nc2nc(N)c(C(=O)c3ccc(Cl)c(Cl)c3)s2)cc1. The highest BCUT2D eigenvalue weighted by Crippen LogP contribution is 2.31. The molecule has 1 aromatic heterocycles. The Hall–Kier alpha value is -2.08. The summed E-state index contributed by atoms with van der Waals surface area (Å²) in [6, 6.07) is 12.6. The lowest BCUT2D eigenvalue weighted by molar-refractivity contribution is 0.104. The van der Waals surface area contributed by atoms with E-state index in [9.17, 15) is 4.79 Å². The number of hydrogen-bond acceptors (Lipinski definition) is 5. The van der Waals surface area contributed by atoms with Gasteiger partial charge in [-0.2, -0.15) is 0 Å². The number of halogens is 2. The molecule has 3 aromatic rings. The van der Waals surface area contributed by atoms with Gasteiger partial charge in [-0.15, -0.1) is 0 Å². The molecule has 0 aliphatic rings. The maximum Gasteiger partial charge on any atom is 0.206 e. The molecule has 2 aromatic carbocycles. The van der Waals surface area contributed by atoms with Crippen molar-refractivity contribution < 1.29 is 4.79 Å².